The molecule has 5 N–H and O–H groups in total. The van der Waals surface area contributed by atoms with Crippen molar-refractivity contribution in [2.24, 2.45) is 5.73 Å². The Morgan fingerprint density at radius 1 is 1.24 bits per heavy atom. The molecule has 0 saturated heterocycles. The number of alkyl halides is 3. The summed E-state index contributed by atoms with van der Waals surface area (Å²) in [4.78, 5) is 20.4. The number of hydrogen-bond acceptors (Lipinski definition) is 3. The molecule has 25 heavy (non-hydrogen) atoms. The van der Waals surface area contributed by atoms with Crippen molar-refractivity contribution in [2.75, 3.05) is 5.32 Å². The summed E-state index contributed by atoms with van der Waals surface area (Å²) in [5.41, 5.74) is 6.88. The SMILES string of the molecule is CCC(=O)Nc1cccc2ccc(C(=N)N)cc12.O=C(O)C(F)(F)F. The number of amides is 1. The van der Waals surface area contributed by atoms with Gasteiger partial charge in [0.25, 0.3) is 0 Å². The van der Waals surface area contributed by atoms with Crippen LogP contribution >= 0.6 is 0 Å². The number of hydrogen-bond donors (Lipinski definition) is 4. The van der Waals surface area contributed by atoms with Gasteiger partial charge in [-0.3, -0.25) is 10.2 Å². The highest BCUT2D eigenvalue weighted by molar-refractivity contribution is 6.05. The highest BCUT2D eigenvalue weighted by Crippen LogP contribution is 2.24. The lowest BCUT2D eigenvalue weighted by Crippen LogP contribution is -2.21. The van der Waals surface area contributed by atoms with E-state index in [0.717, 1.165) is 16.5 Å². The number of carbonyl (C=O) groups excluding carboxylic acids is 1. The van der Waals surface area contributed by atoms with Gasteiger partial charge in [0.05, 0.1) is 0 Å². The lowest BCUT2D eigenvalue weighted by Gasteiger charge is -2.09. The Bertz CT molecular complexity index is 804. The molecule has 0 heterocycles. The molecular weight excluding hydrogens is 339 g/mol. The Labute approximate surface area is 140 Å². The molecule has 2 rings (SSSR count). The fourth-order valence-corrected chi connectivity index (χ4v) is 1.79. The number of carbonyl (C=O) groups is 2. The molecule has 0 aromatic heterocycles. The quantitative estimate of drug-likeness (QED) is 0.500. The van der Waals surface area contributed by atoms with Gasteiger partial charge in [-0.05, 0) is 17.5 Å². The number of aliphatic carboxylic acids is 1. The number of nitrogen functional groups attached to an aromatic ring is 1. The molecule has 134 valence electrons. The van der Waals surface area contributed by atoms with E-state index in [-0.39, 0.29) is 11.7 Å². The van der Waals surface area contributed by atoms with Crippen molar-refractivity contribution in [3.63, 3.8) is 0 Å². The largest absolute Gasteiger partial charge is 0.490 e. The van der Waals surface area contributed by atoms with Gasteiger partial charge >= 0.3 is 12.1 Å². The number of nitrogens with two attached hydrogens (primary N) is 1. The maximum absolute atomic E-state index is 11.5. The summed E-state index contributed by atoms with van der Waals surface area (Å²) in [6, 6.07) is 11.2. The third-order valence-corrected chi connectivity index (χ3v) is 3.03. The number of amidine groups is 1. The number of carboxylic acids is 1. The van der Waals surface area contributed by atoms with Gasteiger partial charge in [-0.15, -0.1) is 0 Å². The molecule has 0 bridgehead atoms. The summed E-state index contributed by atoms with van der Waals surface area (Å²) in [7, 11) is 0. The number of nitrogens with one attached hydrogen (secondary N) is 2. The summed E-state index contributed by atoms with van der Waals surface area (Å²) in [6.07, 6.45) is -4.65. The molecule has 0 spiro atoms. The predicted octanol–water partition coefficient (Wildman–Crippen LogP) is 3.11. The van der Waals surface area contributed by atoms with Gasteiger partial charge in [-0.2, -0.15) is 13.2 Å². The summed E-state index contributed by atoms with van der Waals surface area (Å²) in [5, 5.41) is 19.3. The second-order valence-corrected chi connectivity index (χ2v) is 4.86. The number of carboxylic acid groups (broad SMARTS) is 1. The van der Waals surface area contributed by atoms with Gasteiger partial charge in [0, 0.05) is 23.1 Å². The van der Waals surface area contributed by atoms with E-state index >= 15 is 0 Å². The molecule has 0 radical (unpaired) electrons. The molecule has 9 heteroatoms. The molecule has 6 nitrogen and oxygen atoms in total. The third-order valence-electron chi connectivity index (χ3n) is 3.03. The van der Waals surface area contributed by atoms with Crippen molar-refractivity contribution in [1.82, 2.24) is 0 Å². The molecule has 1 amide bonds. The highest BCUT2D eigenvalue weighted by Gasteiger charge is 2.38. The van der Waals surface area contributed by atoms with Crippen LogP contribution in [0.15, 0.2) is 36.4 Å². The normalized spacial score (nSPS) is 10.6. The van der Waals surface area contributed by atoms with Crippen LogP contribution < -0.4 is 11.1 Å². The van der Waals surface area contributed by atoms with E-state index in [2.05, 4.69) is 5.32 Å². The van der Waals surface area contributed by atoms with Crippen molar-refractivity contribution in [3.8, 4) is 0 Å². The molecule has 0 fully saturated rings. The van der Waals surface area contributed by atoms with Crippen molar-refractivity contribution < 1.29 is 27.9 Å². The number of benzene rings is 2. The smallest absolute Gasteiger partial charge is 0.475 e. The van der Waals surface area contributed by atoms with Gasteiger partial charge in [0.2, 0.25) is 5.91 Å². The predicted molar refractivity (Wildman–Crippen MR) is 87.6 cm³/mol. The first-order chi connectivity index (χ1) is 11.6. The van der Waals surface area contributed by atoms with Crippen LogP contribution in [-0.4, -0.2) is 29.0 Å². The van der Waals surface area contributed by atoms with Crippen LogP contribution in [0, 0.1) is 5.41 Å². The zero-order valence-corrected chi connectivity index (χ0v) is 13.1. The molecule has 0 aliphatic rings. The van der Waals surface area contributed by atoms with Crippen LogP contribution in [-0.2, 0) is 9.59 Å². The zero-order valence-electron chi connectivity index (χ0n) is 13.1. The van der Waals surface area contributed by atoms with E-state index in [1.165, 1.54) is 0 Å². The number of fused-ring (bicyclic) bond motifs is 1. The summed E-state index contributed by atoms with van der Waals surface area (Å²) >= 11 is 0. The molecule has 2 aromatic rings. The first kappa shape index (κ1) is 19.9. The summed E-state index contributed by atoms with van der Waals surface area (Å²) < 4.78 is 31.7. The van der Waals surface area contributed by atoms with Crippen molar-refractivity contribution >= 4 is 34.2 Å². The van der Waals surface area contributed by atoms with Crippen LogP contribution in [0.2, 0.25) is 0 Å². The lowest BCUT2D eigenvalue weighted by atomic mass is 10.0. The zero-order chi connectivity index (χ0) is 19.2. The van der Waals surface area contributed by atoms with E-state index in [1.54, 1.807) is 6.07 Å². The minimum absolute atomic E-state index is 0.0218. The van der Waals surface area contributed by atoms with Gasteiger partial charge in [0.15, 0.2) is 0 Å². The van der Waals surface area contributed by atoms with Gasteiger partial charge in [-0.1, -0.05) is 31.2 Å². The number of rotatable bonds is 3. The first-order valence-corrected chi connectivity index (χ1v) is 7.03. The van der Waals surface area contributed by atoms with Crippen LogP contribution in [0.3, 0.4) is 0 Å². The van der Waals surface area contributed by atoms with Crippen LogP contribution in [0.1, 0.15) is 18.9 Å². The molecule has 0 atom stereocenters. The fourth-order valence-electron chi connectivity index (χ4n) is 1.79. The first-order valence-electron chi connectivity index (χ1n) is 7.03. The molecular formula is C16H16F3N3O3. The summed E-state index contributed by atoms with van der Waals surface area (Å²) in [5.74, 6) is -2.77. The summed E-state index contributed by atoms with van der Waals surface area (Å²) in [6.45, 7) is 1.81. The second kappa shape index (κ2) is 8.13. The number of anilines is 1. The van der Waals surface area contributed by atoms with Crippen LogP contribution in [0.4, 0.5) is 18.9 Å². The van der Waals surface area contributed by atoms with E-state index in [0.29, 0.717) is 12.0 Å². The van der Waals surface area contributed by atoms with E-state index in [1.807, 2.05) is 37.3 Å². The van der Waals surface area contributed by atoms with Gasteiger partial charge < -0.3 is 16.2 Å². The Hall–Kier alpha value is -3.10. The molecule has 2 aromatic carbocycles. The second-order valence-electron chi connectivity index (χ2n) is 4.86. The van der Waals surface area contributed by atoms with Crippen LogP contribution in [0.5, 0.6) is 0 Å². The van der Waals surface area contributed by atoms with Crippen molar-refractivity contribution in [1.29, 1.82) is 5.41 Å². The van der Waals surface area contributed by atoms with Gasteiger partial charge in [-0.25, -0.2) is 4.79 Å². The average molecular weight is 355 g/mol. The standard InChI is InChI=1S/C14H15N3O.C2HF3O2/c1-2-13(18)17-12-5-3-4-9-6-7-10(14(15)16)8-11(9)12;3-2(4,5)1(6)7/h3-8H,2H2,1H3,(H3,15,16)(H,17,18);(H,6,7). The molecule has 0 aliphatic carbocycles. The minimum atomic E-state index is -5.08. The van der Waals surface area contributed by atoms with Crippen molar-refractivity contribution in [2.45, 2.75) is 19.5 Å². The molecule has 0 aliphatic heterocycles. The Kier molecular flexibility index (Phi) is 6.49. The van der Waals surface area contributed by atoms with Gasteiger partial charge in [0.1, 0.15) is 5.84 Å². The van der Waals surface area contributed by atoms with E-state index in [4.69, 9.17) is 21.0 Å². The minimum Gasteiger partial charge on any atom is -0.475 e. The maximum Gasteiger partial charge on any atom is 0.490 e. The third kappa shape index (κ3) is 5.79. The van der Waals surface area contributed by atoms with Crippen LogP contribution in [0.25, 0.3) is 10.8 Å². The fraction of sp³-hybridized carbons (Fsp3) is 0.188. The van der Waals surface area contributed by atoms with Crippen molar-refractivity contribution in [3.05, 3.63) is 42.0 Å². The topological polar surface area (TPSA) is 116 Å². The monoisotopic (exact) mass is 355 g/mol. The highest BCUT2D eigenvalue weighted by atomic mass is 19.4. The van der Waals surface area contributed by atoms with E-state index < -0.39 is 12.1 Å². The maximum atomic E-state index is 11.5. The molecule has 0 saturated carbocycles. The van der Waals surface area contributed by atoms with E-state index in [9.17, 15) is 18.0 Å². The Morgan fingerprint density at radius 2 is 1.84 bits per heavy atom. The molecule has 0 unspecified atom stereocenters. The number of halogens is 3. The average Bonchev–Trinajstić information content (AvgIpc) is 2.54. The Balaban J connectivity index is 0.000000381. The lowest BCUT2D eigenvalue weighted by molar-refractivity contribution is -0.192. The Morgan fingerprint density at radius 3 is 2.32 bits per heavy atom.